The fourth-order valence-corrected chi connectivity index (χ4v) is 2.51. The highest BCUT2D eigenvalue weighted by Crippen LogP contribution is 2.30. The number of anilines is 3. The van der Waals surface area contributed by atoms with Crippen molar-refractivity contribution in [3.63, 3.8) is 0 Å². The second-order valence-electron chi connectivity index (χ2n) is 5.39. The summed E-state index contributed by atoms with van der Waals surface area (Å²) in [5, 5.41) is 16.9. The first-order chi connectivity index (χ1) is 12.0. The molecule has 0 saturated carbocycles. The lowest BCUT2D eigenvalue weighted by molar-refractivity contribution is -0.383. The van der Waals surface area contributed by atoms with Crippen LogP contribution in [0.1, 0.15) is 22.3 Å². The number of aromatic nitrogens is 1. The van der Waals surface area contributed by atoms with Gasteiger partial charge in [0.25, 0.3) is 5.69 Å². The van der Waals surface area contributed by atoms with E-state index in [0.29, 0.717) is 24.3 Å². The number of nitro groups is 1. The molecule has 0 aliphatic carbocycles. The zero-order valence-electron chi connectivity index (χ0n) is 13.2. The average molecular weight is 342 g/mol. The van der Waals surface area contributed by atoms with Crippen molar-refractivity contribution in [2.75, 3.05) is 17.7 Å². The number of hydrogen-bond donors (Lipinski definition) is 2. The van der Waals surface area contributed by atoms with Crippen LogP contribution in [-0.4, -0.2) is 28.9 Å². The minimum absolute atomic E-state index is 0.0882. The number of methoxy groups -OCH3 is 1. The maximum atomic E-state index is 11.5. The molecule has 9 nitrogen and oxygen atoms in total. The SMILES string of the molecule is COC(=O)c1ccc(Nc2cnc3c(c2)CCC(=O)N3)c([N+](=O)[O-])c1. The van der Waals surface area contributed by atoms with Crippen LogP contribution in [0.15, 0.2) is 30.5 Å². The Morgan fingerprint density at radius 1 is 1.36 bits per heavy atom. The van der Waals surface area contributed by atoms with Crippen molar-refractivity contribution in [2.45, 2.75) is 12.8 Å². The Hall–Kier alpha value is -3.49. The summed E-state index contributed by atoms with van der Waals surface area (Å²) in [5.41, 5.74) is 1.45. The second kappa shape index (κ2) is 6.56. The summed E-state index contributed by atoms with van der Waals surface area (Å²) in [4.78, 5) is 37.8. The van der Waals surface area contributed by atoms with Gasteiger partial charge in [-0.25, -0.2) is 9.78 Å². The topological polar surface area (TPSA) is 123 Å². The summed E-state index contributed by atoms with van der Waals surface area (Å²) >= 11 is 0. The van der Waals surface area contributed by atoms with Crippen molar-refractivity contribution < 1.29 is 19.2 Å². The van der Waals surface area contributed by atoms with E-state index in [0.717, 1.165) is 11.6 Å². The quantitative estimate of drug-likeness (QED) is 0.497. The zero-order chi connectivity index (χ0) is 18.0. The van der Waals surface area contributed by atoms with Gasteiger partial charge in [0.2, 0.25) is 5.91 Å². The predicted molar refractivity (Wildman–Crippen MR) is 88.9 cm³/mol. The molecule has 128 valence electrons. The molecule has 0 atom stereocenters. The summed E-state index contributed by atoms with van der Waals surface area (Å²) in [6.07, 6.45) is 2.39. The number of nitro benzene ring substituents is 1. The summed E-state index contributed by atoms with van der Waals surface area (Å²) < 4.78 is 4.57. The molecule has 0 spiro atoms. The first kappa shape index (κ1) is 16.4. The number of carbonyl (C=O) groups is 2. The van der Waals surface area contributed by atoms with E-state index in [1.807, 2.05) is 0 Å². The molecule has 1 aromatic carbocycles. The fraction of sp³-hybridized carbons (Fsp3) is 0.188. The fourth-order valence-electron chi connectivity index (χ4n) is 2.51. The van der Waals surface area contributed by atoms with Crippen LogP contribution >= 0.6 is 0 Å². The van der Waals surface area contributed by atoms with E-state index >= 15 is 0 Å². The largest absolute Gasteiger partial charge is 0.465 e. The number of pyridine rings is 1. The van der Waals surface area contributed by atoms with Gasteiger partial charge in [-0.05, 0) is 30.2 Å². The summed E-state index contributed by atoms with van der Waals surface area (Å²) in [6, 6.07) is 5.80. The number of benzene rings is 1. The molecule has 1 aliphatic heterocycles. The predicted octanol–water partition coefficient (Wildman–Crippen LogP) is 2.40. The molecule has 25 heavy (non-hydrogen) atoms. The van der Waals surface area contributed by atoms with Crippen molar-refractivity contribution in [1.29, 1.82) is 0 Å². The smallest absolute Gasteiger partial charge is 0.338 e. The van der Waals surface area contributed by atoms with Crippen LogP contribution in [0.3, 0.4) is 0 Å². The normalized spacial score (nSPS) is 12.8. The van der Waals surface area contributed by atoms with Crippen molar-refractivity contribution in [1.82, 2.24) is 4.98 Å². The van der Waals surface area contributed by atoms with Crippen LogP contribution in [0, 0.1) is 10.1 Å². The molecular formula is C16H14N4O5. The highest BCUT2D eigenvalue weighted by molar-refractivity contribution is 5.93. The Morgan fingerprint density at radius 2 is 2.16 bits per heavy atom. The van der Waals surface area contributed by atoms with Crippen molar-refractivity contribution in [2.24, 2.45) is 0 Å². The number of aryl methyl sites for hydroxylation is 1. The number of ether oxygens (including phenoxy) is 1. The van der Waals surface area contributed by atoms with Crippen LogP contribution in [0.4, 0.5) is 22.9 Å². The van der Waals surface area contributed by atoms with Gasteiger partial charge < -0.3 is 15.4 Å². The third-order valence-electron chi connectivity index (χ3n) is 3.74. The Bertz CT molecular complexity index is 881. The minimum Gasteiger partial charge on any atom is -0.465 e. The second-order valence-corrected chi connectivity index (χ2v) is 5.39. The van der Waals surface area contributed by atoms with E-state index in [4.69, 9.17) is 0 Å². The lowest BCUT2D eigenvalue weighted by atomic mass is 10.1. The van der Waals surface area contributed by atoms with Crippen LogP contribution in [0.2, 0.25) is 0 Å². The Balaban J connectivity index is 1.91. The Morgan fingerprint density at radius 3 is 2.88 bits per heavy atom. The first-order valence-corrected chi connectivity index (χ1v) is 7.40. The average Bonchev–Trinajstić information content (AvgIpc) is 2.61. The van der Waals surface area contributed by atoms with Gasteiger partial charge in [-0.1, -0.05) is 0 Å². The van der Waals surface area contributed by atoms with Gasteiger partial charge in [0, 0.05) is 12.5 Å². The molecule has 1 amide bonds. The van der Waals surface area contributed by atoms with Crippen LogP contribution < -0.4 is 10.6 Å². The molecule has 2 aromatic rings. The maximum Gasteiger partial charge on any atom is 0.338 e. The highest BCUT2D eigenvalue weighted by Gasteiger charge is 2.20. The van der Waals surface area contributed by atoms with Crippen LogP contribution in [-0.2, 0) is 16.0 Å². The molecule has 3 rings (SSSR count). The number of hydrogen-bond acceptors (Lipinski definition) is 7. The van der Waals surface area contributed by atoms with Crippen LogP contribution in [0.5, 0.6) is 0 Å². The molecule has 9 heteroatoms. The lowest BCUT2D eigenvalue weighted by Gasteiger charge is -2.17. The number of nitrogens with zero attached hydrogens (tertiary/aromatic N) is 2. The molecule has 0 unspecified atom stereocenters. The van der Waals surface area contributed by atoms with Gasteiger partial charge >= 0.3 is 5.97 Å². The van der Waals surface area contributed by atoms with Gasteiger partial charge in [-0.2, -0.15) is 0 Å². The van der Waals surface area contributed by atoms with Gasteiger partial charge in [-0.15, -0.1) is 0 Å². The van der Waals surface area contributed by atoms with Gasteiger partial charge in [-0.3, -0.25) is 14.9 Å². The van der Waals surface area contributed by atoms with E-state index in [2.05, 4.69) is 20.4 Å². The molecule has 1 aliphatic rings. The standard InChI is InChI=1S/C16H14N4O5/c1-25-16(22)10-2-4-12(13(7-10)20(23)24)18-11-6-9-3-5-14(21)19-15(9)17-8-11/h2,4,6-8,18H,3,5H2,1H3,(H,17,19,21). The van der Waals surface area contributed by atoms with Crippen molar-refractivity contribution >= 4 is 34.8 Å². The molecule has 0 saturated heterocycles. The van der Waals surface area contributed by atoms with E-state index in [9.17, 15) is 19.7 Å². The third-order valence-corrected chi connectivity index (χ3v) is 3.74. The van der Waals surface area contributed by atoms with Gasteiger partial charge in [0.05, 0.1) is 29.5 Å². The maximum absolute atomic E-state index is 11.5. The van der Waals surface area contributed by atoms with E-state index < -0.39 is 10.9 Å². The molecule has 0 fully saturated rings. The molecule has 2 N–H and O–H groups in total. The van der Waals surface area contributed by atoms with Gasteiger partial charge in [0.1, 0.15) is 11.5 Å². The molecule has 2 heterocycles. The number of esters is 1. The minimum atomic E-state index is -0.652. The number of fused-ring (bicyclic) bond motifs is 1. The third kappa shape index (κ3) is 3.39. The van der Waals surface area contributed by atoms with E-state index in [-0.39, 0.29) is 22.8 Å². The van der Waals surface area contributed by atoms with Crippen molar-refractivity contribution in [3.05, 3.63) is 51.7 Å². The summed E-state index contributed by atoms with van der Waals surface area (Å²) in [7, 11) is 1.21. The summed E-state index contributed by atoms with van der Waals surface area (Å²) in [6.45, 7) is 0. The Labute approximate surface area is 142 Å². The zero-order valence-corrected chi connectivity index (χ0v) is 13.2. The van der Waals surface area contributed by atoms with Gasteiger partial charge in [0.15, 0.2) is 0 Å². The molecule has 0 bridgehead atoms. The number of rotatable bonds is 4. The lowest BCUT2D eigenvalue weighted by Crippen LogP contribution is -2.20. The number of nitrogens with one attached hydrogen (secondary N) is 2. The van der Waals surface area contributed by atoms with Crippen LogP contribution in [0.25, 0.3) is 0 Å². The molecular weight excluding hydrogens is 328 g/mol. The first-order valence-electron chi connectivity index (χ1n) is 7.40. The number of carbonyl (C=O) groups excluding carboxylic acids is 2. The number of amides is 1. The Kier molecular flexibility index (Phi) is 4.29. The van der Waals surface area contributed by atoms with E-state index in [1.54, 1.807) is 6.07 Å². The van der Waals surface area contributed by atoms with Crippen molar-refractivity contribution in [3.8, 4) is 0 Å². The summed E-state index contributed by atoms with van der Waals surface area (Å²) in [5.74, 6) is -0.243. The molecule has 0 radical (unpaired) electrons. The monoisotopic (exact) mass is 342 g/mol. The highest BCUT2D eigenvalue weighted by atomic mass is 16.6. The molecule has 1 aromatic heterocycles. The van der Waals surface area contributed by atoms with E-state index in [1.165, 1.54) is 25.4 Å².